The van der Waals surface area contributed by atoms with Crippen molar-refractivity contribution in [3.05, 3.63) is 170 Å². The van der Waals surface area contributed by atoms with Crippen LogP contribution in [0.3, 0.4) is 0 Å². The maximum atomic E-state index is 5.20. The highest BCUT2D eigenvalue weighted by molar-refractivity contribution is 7.25. The molecular weight excluding hydrogens is 653 g/mol. The van der Waals surface area contributed by atoms with Crippen LogP contribution in [0, 0.1) is 0 Å². The van der Waals surface area contributed by atoms with E-state index in [2.05, 4.69) is 174 Å². The van der Waals surface area contributed by atoms with Crippen molar-refractivity contribution in [3.63, 3.8) is 0 Å². The Labute approximate surface area is 302 Å². The Morgan fingerprint density at radius 1 is 0.385 bits per heavy atom. The van der Waals surface area contributed by atoms with Crippen LogP contribution in [0.25, 0.3) is 103 Å². The third kappa shape index (κ3) is 4.57. The number of aromatic nitrogens is 4. The Bertz CT molecular complexity index is 3190. The van der Waals surface area contributed by atoms with E-state index in [1.54, 1.807) is 11.3 Å². The summed E-state index contributed by atoms with van der Waals surface area (Å²) >= 11 is 1.80. The second-order valence-corrected chi connectivity index (χ2v) is 14.3. The molecule has 11 aromatic rings. The monoisotopic (exact) mass is 680 g/mol. The van der Waals surface area contributed by atoms with Crippen LogP contribution >= 0.6 is 11.3 Å². The van der Waals surface area contributed by atoms with Gasteiger partial charge in [0.25, 0.3) is 0 Å². The molecule has 5 heteroatoms. The number of hydrogen-bond acceptors (Lipinski definition) is 4. The van der Waals surface area contributed by atoms with Gasteiger partial charge in [-0.1, -0.05) is 109 Å². The molecule has 0 N–H and O–H groups in total. The summed E-state index contributed by atoms with van der Waals surface area (Å²) in [4.78, 5) is 15.5. The normalized spacial score (nSPS) is 11.8. The summed E-state index contributed by atoms with van der Waals surface area (Å²) in [7, 11) is 0. The van der Waals surface area contributed by atoms with E-state index in [4.69, 9.17) is 15.0 Å². The van der Waals surface area contributed by atoms with Gasteiger partial charge in [-0.3, -0.25) is 0 Å². The quantitative estimate of drug-likeness (QED) is 0.186. The molecule has 0 amide bonds. The van der Waals surface area contributed by atoms with E-state index >= 15 is 0 Å². The molecular formula is C47H28N4S. The van der Waals surface area contributed by atoms with Gasteiger partial charge < -0.3 is 4.57 Å². The fourth-order valence-electron chi connectivity index (χ4n) is 7.74. The van der Waals surface area contributed by atoms with Crippen LogP contribution in [-0.2, 0) is 0 Å². The summed E-state index contributed by atoms with van der Waals surface area (Å²) in [6.07, 6.45) is 0. The second kappa shape index (κ2) is 11.4. The molecule has 3 heterocycles. The molecule has 0 fully saturated rings. The highest BCUT2D eigenvalue weighted by atomic mass is 32.1. The first-order valence-electron chi connectivity index (χ1n) is 17.4. The van der Waals surface area contributed by atoms with Gasteiger partial charge in [0.15, 0.2) is 17.5 Å². The van der Waals surface area contributed by atoms with E-state index in [1.165, 1.54) is 58.1 Å². The Morgan fingerprint density at radius 2 is 1.00 bits per heavy atom. The molecule has 0 unspecified atom stereocenters. The Kier molecular flexibility index (Phi) is 6.39. The number of rotatable bonds is 4. The average molecular weight is 681 g/mol. The molecule has 0 aliphatic heterocycles. The van der Waals surface area contributed by atoms with E-state index in [9.17, 15) is 0 Å². The number of thiophene rings is 1. The molecule has 11 rings (SSSR count). The minimum Gasteiger partial charge on any atom is -0.309 e. The summed E-state index contributed by atoms with van der Waals surface area (Å²) in [6, 6.07) is 60.4. The largest absolute Gasteiger partial charge is 0.309 e. The number of para-hydroxylation sites is 1. The zero-order valence-electron chi connectivity index (χ0n) is 27.9. The highest BCUT2D eigenvalue weighted by Crippen LogP contribution is 2.40. The molecule has 0 aliphatic carbocycles. The Balaban J connectivity index is 1.10. The van der Waals surface area contributed by atoms with Crippen LogP contribution in [0.15, 0.2) is 170 Å². The van der Waals surface area contributed by atoms with Gasteiger partial charge in [-0.15, -0.1) is 11.3 Å². The van der Waals surface area contributed by atoms with Crippen LogP contribution in [0.1, 0.15) is 0 Å². The van der Waals surface area contributed by atoms with Crippen LogP contribution in [-0.4, -0.2) is 19.5 Å². The summed E-state index contributed by atoms with van der Waals surface area (Å²) in [5.74, 6) is 1.96. The zero-order valence-corrected chi connectivity index (χ0v) is 28.7. The third-order valence-corrected chi connectivity index (χ3v) is 11.3. The van der Waals surface area contributed by atoms with E-state index in [-0.39, 0.29) is 0 Å². The van der Waals surface area contributed by atoms with Crippen molar-refractivity contribution < 1.29 is 0 Å². The predicted molar refractivity (Wildman–Crippen MR) is 218 cm³/mol. The molecule has 242 valence electrons. The van der Waals surface area contributed by atoms with Gasteiger partial charge in [0.05, 0.1) is 11.0 Å². The summed E-state index contributed by atoms with van der Waals surface area (Å²) in [5.41, 5.74) is 6.35. The fourth-order valence-corrected chi connectivity index (χ4v) is 8.87. The SMILES string of the molecule is c1ccc2cc(-c3nc(-c4ccc(-n5c6ccccc6c6cc7ccccc7cc65)cc4)nc(-c4cccc5sc6ccccc6c45)n3)ccc2c1. The molecule has 8 aromatic carbocycles. The van der Waals surface area contributed by atoms with Gasteiger partial charge in [-0.05, 0) is 82.2 Å². The predicted octanol–water partition coefficient (Wildman–Crippen LogP) is 12.6. The second-order valence-electron chi connectivity index (χ2n) is 13.3. The van der Waals surface area contributed by atoms with E-state index in [1.807, 2.05) is 0 Å². The number of hydrogen-bond donors (Lipinski definition) is 0. The molecule has 0 radical (unpaired) electrons. The van der Waals surface area contributed by atoms with Crippen molar-refractivity contribution >= 4 is 74.9 Å². The van der Waals surface area contributed by atoms with Crippen molar-refractivity contribution in [3.8, 4) is 39.9 Å². The lowest BCUT2D eigenvalue weighted by atomic mass is 10.0. The molecule has 3 aromatic heterocycles. The number of fused-ring (bicyclic) bond motifs is 8. The fraction of sp³-hybridized carbons (Fsp3) is 0. The van der Waals surface area contributed by atoms with E-state index in [0.29, 0.717) is 17.5 Å². The van der Waals surface area contributed by atoms with Crippen LogP contribution < -0.4 is 0 Å². The molecule has 0 spiro atoms. The summed E-state index contributed by atoms with van der Waals surface area (Å²) < 4.78 is 4.83. The van der Waals surface area contributed by atoms with Gasteiger partial charge in [0, 0.05) is 53.3 Å². The number of benzene rings is 8. The minimum atomic E-state index is 0.643. The number of nitrogens with zero attached hydrogens (tertiary/aromatic N) is 4. The first-order valence-corrected chi connectivity index (χ1v) is 18.3. The minimum absolute atomic E-state index is 0.643. The van der Waals surface area contributed by atoms with Gasteiger partial charge in [0.1, 0.15) is 0 Å². The average Bonchev–Trinajstić information content (AvgIpc) is 3.75. The van der Waals surface area contributed by atoms with Crippen molar-refractivity contribution in [2.24, 2.45) is 0 Å². The maximum Gasteiger partial charge on any atom is 0.164 e. The lowest BCUT2D eigenvalue weighted by Gasteiger charge is -2.12. The van der Waals surface area contributed by atoms with Crippen LogP contribution in [0.2, 0.25) is 0 Å². The van der Waals surface area contributed by atoms with Crippen LogP contribution in [0.5, 0.6) is 0 Å². The lowest BCUT2D eigenvalue weighted by molar-refractivity contribution is 1.08. The smallest absolute Gasteiger partial charge is 0.164 e. The molecule has 0 atom stereocenters. The lowest BCUT2D eigenvalue weighted by Crippen LogP contribution is -2.01. The van der Waals surface area contributed by atoms with Gasteiger partial charge >= 0.3 is 0 Å². The van der Waals surface area contributed by atoms with Gasteiger partial charge in [-0.2, -0.15) is 0 Å². The van der Waals surface area contributed by atoms with Gasteiger partial charge in [-0.25, -0.2) is 15.0 Å². The standard InChI is InChI=1S/C47H28N4S/c1-2-11-31-26-34(21-20-29(31)10-1)46-48-45(49-47(50-46)38-16-9-19-43-44(38)37-15-6-8-18-42(37)52-43)30-22-24-35(25-23-30)51-40-17-7-5-14-36(40)39-27-32-12-3-4-13-33(32)28-41(39)51/h1-28H. The van der Waals surface area contributed by atoms with Crippen molar-refractivity contribution in [1.29, 1.82) is 0 Å². The summed E-state index contributed by atoms with van der Waals surface area (Å²) in [5, 5.41) is 9.69. The molecule has 0 saturated heterocycles. The molecule has 0 bridgehead atoms. The first kappa shape index (κ1) is 29.1. The molecule has 52 heavy (non-hydrogen) atoms. The Morgan fingerprint density at radius 3 is 1.83 bits per heavy atom. The van der Waals surface area contributed by atoms with Gasteiger partial charge in [0.2, 0.25) is 0 Å². The highest BCUT2D eigenvalue weighted by Gasteiger charge is 2.18. The van der Waals surface area contributed by atoms with Crippen molar-refractivity contribution in [2.75, 3.05) is 0 Å². The summed E-state index contributed by atoms with van der Waals surface area (Å²) in [6.45, 7) is 0. The van der Waals surface area contributed by atoms with Crippen LogP contribution in [0.4, 0.5) is 0 Å². The molecule has 0 saturated carbocycles. The zero-order chi connectivity index (χ0) is 34.2. The third-order valence-electron chi connectivity index (χ3n) is 10.2. The topological polar surface area (TPSA) is 43.6 Å². The Hall–Kier alpha value is -6.69. The molecule has 0 aliphatic rings. The first-order chi connectivity index (χ1) is 25.7. The van der Waals surface area contributed by atoms with Crippen molar-refractivity contribution in [2.45, 2.75) is 0 Å². The van der Waals surface area contributed by atoms with E-state index < -0.39 is 0 Å². The maximum absolute atomic E-state index is 5.20. The van der Waals surface area contributed by atoms with Crippen molar-refractivity contribution in [1.82, 2.24) is 19.5 Å². The van der Waals surface area contributed by atoms with E-state index in [0.717, 1.165) is 27.8 Å². The molecule has 4 nitrogen and oxygen atoms in total.